The number of amides is 1. The Bertz CT molecular complexity index is 648. The van der Waals surface area contributed by atoms with Gasteiger partial charge in [0, 0.05) is 28.4 Å². The Kier molecular flexibility index (Phi) is 4.34. The molecule has 1 fully saturated rings. The molecule has 0 radical (unpaired) electrons. The van der Waals surface area contributed by atoms with Gasteiger partial charge in [-0.15, -0.1) is 0 Å². The van der Waals surface area contributed by atoms with Crippen LogP contribution in [0.1, 0.15) is 31.4 Å². The fourth-order valence-corrected chi connectivity index (χ4v) is 2.45. The van der Waals surface area contributed by atoms with Gasteiger partial charge in [0.05, 0.1) is 0 Å². The first-order chi connectivity index (χ1) is 10.6. The van der Waals surface area contributed by atoms with Crippen molar-refractivity contribution in [3.8, 4) is 0 Å². The summed E-state index contributed by atoms with van der Waals surface area (Å²) in [6, 6.07) is 15.8. The summed E-state index contributed by atoms with van der Waals surface area (Å²) in [4.78, 5) is 11.7. The van der Waals surface area contributed by atoms with E-state index in [0.717, 1.165) is 29.2 Å². The van der Waals surface area contributed by atoms with Crippen molar-refractivity contribution in [1.29, 1.82) is 0 Å². The zero-order valence-corrected chi connectivity index (χ0v) is 13.2. The molecule has 0 heterocycles. The van der Waals surface area contributed by atoms with Crippen molar-refractivity contribution in [2.75, 3.05) is 10.6 Å². The second kappa shape index (κ2) is 6.41. The van der Waals surface area contributed by atoms with E-state index in [1.165, 1.54) is 5.56 Å². The van der Waals surface area contributed by atoms with Crippen molar-refractivity contribution in [3.63, 3.8) is 0 Å². The minimum absolute atomic E-state index is 0.134. The van der Waals surface area contributed by atoms with Gasteiger partial charge in [-0.05, 0) is 61.7 Å². The van der Waals surface area contributed by atoms with Gasteiger partial charge in [-0.25, -0.2) is 0 Å². The van der Waals surface area contributed by atoms with Crippen LogP contribution in [-0.2, 0) is 4.79 Å². The van der Waals surface area contributed by atoms with Crippen molar-refractivity contribution < 1.29 is 4.79 Å². The van der Waals surface area contributed by atoms with Crippen LogP contribution < -0.4 is 10.6 Å². The Labute approximate surface area is 135 Å². The second-order valence-corrected chi connectivity index (χ2v) is 6.19. The van der Waals surface area contributed by atoms with Crippen LogP contribution in [0.25, 0.3) is 0 Å². The molecule has 0 bridgehead atoms. The Morgan fingerprint density at radius 3 is 2.23 bits per heavy atom. The molecule has 1 saturated carbocycles. The molecular weight excluding hydrogens is 296 g/mol. The molecule has 0 aliphatic heterocycles. The first kappa shape index (κ1) is 14.9. The molecular formula is C18H19ClN2O. The molecule has 4 heteroatoms. The van der Waals surface area contributed by atoms with E-state index in [-0.39, 0.29) is 17.9 Å². The monoisotopic (exact) mass is 314 g/mol. The van der Waals surface area contributed by atoms with Gasteiger partial charge >= 0.3 is 0 Å². The summed E-state index contributed by atoms with van der Waals surface area (Å²) >= 11 is 5.91. The van der Waals surface area contributed by atoms with Gasteiger partial charge in [-0.2, -0.15) is 0 Å². The highest BCUT2D eigenvalue weighted by Crippen LogP contribution is 2.30. The normalized spacial score (nSPS) is 15.2. The van der Waals surface area contributed by atoms with Crippen LogP contribution in [-0.4, -0.2) is 5.91 Å². The number of rotatable bonds is 5. The quantitative estimate of drug-likeness (QED) is 0.827. The predicted octanol–water partition coefficient (Wildman–Crippen LogP) is 4.86. The lowest BCUT2D eigenvalue weighted by atomic mass is 10.1. The first-order valence-electron chi connectivity index (χ1n) is 7.55. The lowest BCUT2D eigenvalue weighted by molar-refractivity contribution is -0.117. The third-order valence-electron chi connectivity index (χ3n) is 3.85. The number of carbonyl (C=O) groups is 1. The summed E-state index contributed by atoms with van der Waals surface area (Å²) in [7, 11) is 0. The molecule has 1 atom stereocenters. The lowest BCUT2D eigenvalue weighted by Gasteiger charge is -2.16. The SMILES string of the molecule is CC(Nc1ccc(NC(=O)C2CC2)cc1)c1ccc(Cl)cc1. The Morgan fingerprint density at radius 1 is 1.05 bits per heavy atom. The zero-order valence-electron chi connectivity index (χ0n) is 12.5. The van der Waals surface area contributed by atoms with Gasteiger partial charge in [0.2, 0.25) is 5.91 Å². The van der Waals surface area contributed by atoms with Crippen molar-refractivity contribution in [3.05, 3.63) is 59.1 Å². The molecule has 1 aliphatic carbocycles. The van der Waals surface area contributed by atoms with Crippen LogP contribution in [0.2, 0.25) is 5.02 Å². The topological polar surface area (TPSA) is 41.1 Å². The van der Waals surface area contributed by atoms with Crippen molar-refractivity contribution in [2.45, 2.75) is 25.8 Å². The number of benzene rings is 2. The largest absolute Gasteiger partial charge is 0.379 e. The maximum atomic E-state index is 11.7. The highest BCUT2D eigenvalue weighted by atomic mass is 35.5. The summed E-state index contributed by atoms with van der Waals surface area (Å²) < 4.78 is 0. The number of carbonyl (C=O) groups excluding carboxylic acids is 1. The van der Waals surface area contributed by atoms with E-state index in [4.69, 9.17) is 11.6 Å². The standard InChI is InChI=1S/C18H19ClN2O/c1-12(13-4-6-15(19)7-5-13)20-16-8-10-17(11-9-16)21-18(22)14-2-3-14/h4-12,14,20H,2-3H2,1H3,(H,21,22). The fraction of sp³-hybridized carbons (Fsp3) is 0.278. The maximum Gasteiger partial charge on any atom is 0.227 e. The van der Waals surface area contributed by atoms with Gasteiger partial charge < -0.3 is 10.6 Å². The smallest absolute Gasteiger partial charge is 0.227 e. The Morgan fingerprint density at radius 2 is 1.64 bits per heavy atom. The van der Waals surface area contributed by atoms with E-state index in [1.807, 2.05) is 48.5 Å². The number of anilines is 2. The molecule has 2 N–H and O–H groups in total. The molecule has 114 valence electrons. The van der Waals surface area contributed by atoms with Gasteiger partial charge in [0.15, 0.2) is 0 Å². The minimum Gasteiger partial charge on any atom is -0.379 e. The zero-order chi connectivity index (χ0) is 15.5. The van der Waals surface area contributed by atoms with E-state index in [1.54, 1.807) is 0 Å². The summed E-state index contributed by atoms with van der Waals surface area (Å²) in [5, 5.41) is 7.12. The average Bonchev–Trinajstić information content (AvgIpc) is 3.34. The van der Waals surface area contributed by atoms with Crippen LogP contribution >= 0.6 is 11.6 Å². The summed E-state index contributed by atoms with van der Waals surface area (Å²) in [5.41, 5.74) is 3.05. The van der Waals surface area contributed by atoms with Crippen molar-refractivity contribution >= 4 is 28.9 Å². The van der Waals surface area contributed by atoms with Gasteiger partial charge in [0.25, 0.3) is 0 Å². The van der Waals surface area contributed by atoms with E-state index >= 15 is 0 Å². The fourth-order valence-electron chi connectivity index (χ4n) is 2.32. The van der Waals surface area contributed by atoms with Crippen LogP contribution in [0.15, 0.2) is 48.5 Å². The van der Waals surface area contributed by atoms with E-state index in [0.29, 0.717) is 0 Å². The summed E-state index contributed by atoms with van der Waals surface area (Å²) in [5.74, 6) is 0.359. The molecule has 1 amide bonds. The number of halogens is 1. The summed E-state index contributed by atoms with van der Waals surface area (Å²) in [6.45, 7) is 2.10. The number of hydrogen-bond acceptors (Lipinski definition) is 2. The van der Waals surface area contributed by atoms with Crippen LogP contribution in [0.5, 0.6) is 0 Å². The van der Waals surface area contributed by atoms with Crippen molar-refractivity contribution in [2.24, 2.45) is 5.92 Å². The first-order valence-corrected chi connectivity index (χ1v) is 7.92. The lowest BCUT2D eigenvalue weighted by Crippen LogP contribution is -2.13. The van der Waals surface area contributed by atoms with E-state index < -0.39 is 0 Å². The average molecular weight is 315 g/mol. The molecule has 1 aliphatic rings. The molecule has 3 rings (SSSR count). The second-order valence-electron chi connectivity index (χ2n) is 5.76. The van der Waals surface area contributed by atoms with Crippen LogP contribution in [0.4, 0.5) is 11.4 Å². The highest BCUT2D eigenvalue weighted by Gasteiger charge is 2.29. The third-order valence-corrected chi connectivity index (χ3v) is 4.11. The minimum atomic E-state index is 0.134. The maximum absolute atomic E-state index is 11.7. The Balaban J connectivity index is 1.60. The van der Waals surface area contributed by atoms with Gasteiger partial charge in [-0.1, -0.05) is 23.7 Å². The molecule has 0 saturated heterocycles. The van der Waals surface area contributed by atoms with E-state index in [9.17, 15) is 4.79 Å². The van der Waals surface area contributed by atoms with Crippen LogP contribution in [0, 0.1) is 5.92 Å². The summed E-state index contributed by atoms with van der Waals surface area (Å²) in [6.07, 6.45) is 2.04. The third kappa shape index (κ3) is 3.80. The molecule has 2 aromatic rings. The van der Waals surface area contributed by atoms with Gasteiger partial charge in [0.1, 0.15) is 0 Å². The molecule has 3 nitrogen and oxygen atoms in total. The molecule has 1 unspecified atom stereocenters. The Hall–Kier alpha value is -2.00. The van der Waals surface area contributed by atoms with Gasteiger partial charge in [-0.3, -0.25) is 4.79 Å². The molecule has 2 aromatic carbocycles. The highest BCUT2D eigenvalue weighted by molar-refractivity contribution is 6.30. The molecule has 22 heavy (non-hydrogen) atoms. The molecule has 0 aromatic heterocycles. The predicted molar refractivity (Wildman–Crippen MR) is 91.3 cm³/mol. The number of nitrogens with one attached hydrogen (secondary N) is 2. The molecule has 0 spiro atoms. The van der Waals surface area contributed by atoms with Crippen LogP contribution in [0.3, 0.4) is 0 Å². The van der Waals surface area contributed by atoms with Crippen molar-refractivity contribution in [1.82, 2.24) is 0 Å². The number of hydrogen-bond donors (Lipinski definition) is 2. The van der Waals surface area contributed by atoms with E-state index in [2.05, 4.69) is 17.6 Å².